The van der Waals surface area contributed by atoms with Crippen LogP contribution in [0.2, 0.25) is 0 Å². The number of fused-ring (bicyclic) bond motifs is 3. The Bertz CT molecular complexity index is 2350. The second-order valence-corrected chi connectivity index (χ2v) is 14.5. The summed E-state index contributed by atoms with van der Waals surface area (Å²) in [6, 6.07) is 46.4. The standard InChI is InChI=1S/C49H42N2/c1-49(2)46-28-36(32-50)21-25-44(46)45-26-24-41(30-47(45)49)40-18-10-17-39(29-40)38-16-9-13-35(27-38)20-22-42-31-48(37-14-7-4-8-15-37)51-33-43(42)23-19-34-11-5-3-6-12-34/h3,5-7,9-18,21,24-31,33H,4,8,19-20,22-23H2,1-2H3. The van der Waals surface area contributed by atoms with E-state index in [4.69, 9.17) is 4.98 Å². The number of hydrogen-bond donors (Lipinski definition) is 0. The molecule has 0 aliphatic heterocycles. The zero-order valence-corrected chi connectivity index (χ0v) is 29.5. The SMILES string of the molecule is CC1(C)c2cc(C#N)ccc2-c2ccc(-c3cccc(-c4cccc(CCc5cc(C6=CCCC=C6)ncc5CCc5ccccc5)c4)c3)cc21. The molecular formula is C49H42N2. The lowest BCUT2D eigenvalue weighted by Crippen LogP contribution is -2.15. The molecule has 6 aromatic rings. The highest BCUT2D eigenvalue weighted by Crippen LogP contribution is 2.50. The van der Waals surface area contributed by atoms with Crippen LogP contribution in [0.25, 0.3) is 39.0 Å². The fourth-order valence-electron chi connectivity index (χ4n) is 7.92. The van der Waals surface area contributed by atoms with Crippen molar-refractivity contribution in [3.63, 3.8) is 0 Å². The van der Waals surface area contributed by atoms with Crippen LogP contribution in [-0.2, 0) is 31.1 Å². The van der Waals surface area contributed by atoms with Gasteiger partial charge in [-0.05, 0) is 141 Å². The fraction of sp³-hybridized carbons (Fsp3) is 0.184. The van der Waals surface area contributed by atoms with E-state index in [2.05, 4.69) is 160 Å². The molecule has 2 aliphatic carbocycles. The van der Waals surface area contributed by atoms with Crippen molar-refractivity contribution >= 4 is 5.57 Å². The topological polar surface area (TPSA) is 36.7 Å². The van der Waals surface area contributed by atoms with Gasteiger partial charge in [0, 0.05) is 11.6 Å². The van der Waals surface area contributed by atoms with E-state index in [1.165, 1.54) is 72.3 Å². The second-order valence-electron chi connectivity index (χ2n) is 14.5. The van der Waals surface area contributed by atoms with Crippen LogP contribution in [0.3, 0.4) is 0 Å². The predicted octanol–water partition coefficient (Wildman–Crippen LogP) is 11.9. The lowest BCUT2D eigenvalue weighted by Gasteiger charge is -2.22. The Labute approximate surface area is 302 Å². The summed E-state index contributed by atoms with van der Waals surface area (Å²) in [6.45, 7) is 4.54. The van der Waals surface area contributed by atoms with E-state index in [1.54, 1.807) is 0 Å². The first kappa shape index (κ1) is 32.4. The summed E-state index contributed by atoms with van der Waals surface area (Å²) in [6.07, 6.45) is 15.1. The molecule has 8 rings (SSSR count). The number of aryl methyl sites for hydroxylation is 4. The normalized spacial score (nSPS) is 14.0. The number of nitriles is 1. The molecule has 0 bridgehead atoms. The molecule has 0 saturated heterocycles. The van der Waals surface area contributed by atoms with E-state index in [0.29, 0.717) is 5.56 Å². The van der Waals surface area contributed by atoms with Gasteiger partial charge in [0.15, 0.2) is 0 Å². The zero-order chi connectivity index (χ0) is 34.8. The average molecular weight is 659 g/mol. The molecule has 248 valence electrons. The molecule has 2 aliphatic rings. The summed E-state index contributed by atoms with van der Waals surface area (Å²) in [5, 5.41) is 9.53. The minimum Gasteiger partial charge on any atom is -0.256 e. The van der Waals surface area contributed by atoms with Crippen molar-refractivity contribution in [1.29, 1.82) is 5.26 Å². The first-order valence-corrected chi connectivity index (χ1v) is 18.2. The van der Waals surface area contributed by atoms with Crippen molar-refractivity contribution in [3.05, 3.63) is 190 Å². The highest BCUT2D eigenvalue weighted by Gasteiger charge is 2.35. The molecule has 1 heterocycles. The molecule has 1 aromatic heterocycles. The zero-order valence-electron chi connectivity index (χ0n) is 29.5. The summed E-state index contributed by atoms with van der Waals surface area (Å²) in [4.78, 5) is 4.93. The van der Waals surface area contributed by atoms with Gasteiger partial charge < -0.3 is 0 Å². The van der Waals surface area contributed by atoms with Gasteiger partial charge in [-0.3, -0.25) is 4.98 Å². The Hall–Kier alpha value is -5.78. The number of hydrogen-bond acceptors (Lipinski definition) is 2. The molecule has 2 nitrogen and oxygen atoms in total. The van der Waals surface area contributed by atoms with Crippen LogP contribution < -0.4 is 0 Å². The molecule has 0 fully saturated rings. The number of pyridine rings is 1. The van der Waals surface area contributed by atoms with Crippen LogP contribution in [0.15, 0.2) is 146 Å². The molecule has 0 radical (unpaired) electrons. The quantitative estimate of drug-likeness (QED) is 0.155. The van der Waals surface area contributed by atoms with Gasteiger partial charge in [-0.15, -0.1) is 0 Å². The Morgan fingerprint density at radius 2 is 1.27 bits per heavy atom. The van der Waals surface area contributed by atoms with Crippen molar-refractivity contribution in [2.45, 2.75) is 57.8 Å². The number of rotatable bonds is 9. The van der Waals surface area contributed by atoms with Crippen molar-refractivity contribution in [3.8, 4) is 39.4 Å². The van der Waals surface area contributed by atoms with E-state index in [9.17, 15) is 5.26 Å². The summed E-state index contributed by atoms with van der Waals surface area (Å²) >= 11 is 0. The molecular weight excluding hydrogens is 617 g/mol. The van der Waals surface area contributed by atoms with Gasteiger partial charge >= 0.3 is 0 Å². The van der Waals surface area contributed by atoms with Crippen LogP contribution in [0.4, 0.5) is 0 Å². The maximum absolute atomic E-state index is 9.53. The molecule has 0 N–H and O–H groups in total. The van der Waals surface area contributed by atoms with Crippen molar-refractivity contribution in [2.24, 2.45) is 0 Å². The lowest BCUT2D eigenvalue weighted by molar-refractivity contribution is 0.660. The summed E-state index contributed by atoms with van der Waals surface area (Å²) < 4.78 is 0. The van der Waals surface area contributed by atoms with E-state index >= 15 is 0 Å². The van der Waals surface area contributed by atoms with E-state index in [1.807, 2.05) is 6.07 Å². The molecule has 0 saturated carbocycles. The molecule has 2 heteroatoms. The summed E-state index contributed by atoms with van der Waals surface area (Å²) in [5.41, 5.74) is 18.3. The predicted molar refractivity (Wildman–Crippen MR) is 211 cm³/mol. The smallest absolute Gasteiger partial charge is 0.0991 e. The number of aromatic nitrogens is 1. The highest BCUT2D eigenvalue weighted by atomic mass is 14.7. The van der Waals surface area contributed by atoms with Crippen molar-refractivity contribution in [1.82, 2.24) is 4.98 Å². The van der Waals surface area contributed by atoms with Crippen LogP contribution in [0.5, 0.6) is 0 Å². The van der Waals surface area contributed by atoms with E-state index in [-0.39, 0.29) is 5.41 Å². The minimum atomic E-state index is -0.166. The van der Waals surface area contributed by atoms with Gasteiger partial charge in [-0.25, -0.2) is 0 Å². The molecule has 51 heavy (non-hydrogen) atoms. The third kappa shape index (κ3) is 6.61. The monoisotopic (exact) mass is 658 g/mol. The number of benzene rings is 5. The Morgan fingerprint density at radius 1 is 0.608 bits per heavy atom. The Kier molecular flexibility index (Phi) is 8.81. The molecule has 0 atom stereocenters. The number of allylic oxidation sites excluding steroid dienone is 4. The summed E-state index contributed by atoms with van der Waals surface area (Å²) in [7, 11) is 0. The first-order valence-electron chi connectivity index (χ1n) is 18.2. The van der Waals surface area contributed by atoms with Crippen LogP contribution in [-0.4, -0.2) is 4.98 Å². The van der Waals surface area contributed by atoms with Crippen LogP contribution in [0.1, 0.15) is 71.3 Å². The average Bonchev–Trinajstić information content (AvgIpc) is 3.42. The van der Waals surface area contributed by atoms with Gasteiger partial charge in [0.25, 0.3) is 0 Å². The van der Waals surface area contributed by atoms with E-state index in [0.717, 1.165) is 44.2 Å². The Balaban J connectivity index is 1.04. The molecule has 0 amide bonds. The Morgan fingerprint density at radius 3 is 2.04 bits per heavy atom. The second kappa shape index (κ2) is 13.9. The van der Waals surface area contributed by atoms with E-state index < -0.39 is 0 Å². The molecule has 5 aromatic carbocycles. The number of nitrogens with zero attached hydrogens (tertiary/aromatic N) is 2. The minimum absolute atomic E-state index is 0.166. The van der Waals surface area contributed by atoms with Crippen molar-refractivity contribution < 1.29 is 0 Å². The third-order valence-corrected chi connectivity index (χ3v) is 10.8. The van der Waals surface area contributed by atoms with Crippen LogP contribution in [0, 0.1) is 11.3 Å². The van der Waals surface area contributed by atoms with Gasteiger partial charge in [-0.1, -0.05) is 123 Å². The van der Waals surface area contributed by atoms with Crippen LogP contribution >= 0.6 is 0 Å². The van der Waals surface area contributed by atoms with Gasteiger partial charge in [-0.2, -0.15) is 5.26 Å². The van der Waals surface area contributed by atoms with Gasteiger partial charge in [0.2, 0.25) is 0 Å². The maximum atomic E-state index is 9.53. The lowest BCUT2D eigenvalue weighted by atomic mass is 9.81. The molecule has 0 spiro atoms. The van der Waals surface area contributed by atoms with Gasteiger partial charge in [0.1, 0.15) is 0 Å². The largest absolute Gasteiger partial charge is 0.256 e. The molecule has 0 unspecified atom stereocenters. The van der Waals surface area contributed by atoms with Gasteiger partial charge in [0.05, 0.1) is 17.3 Å². The summed E-state index contributed by atoms with van der Waals surface area (Å²) in [5.74, 6) is 0. The fourth-order valence-corrected chi connectivity index (χ4v) is 7.92. The first-order chi connectivity index (χ1) is 25.0. The third-order valence-electron chi connectivity index (χ3n) is 10.8. The highest BCUT2D eigenvalue weighted by molar-refractivity contribution is 5.85. The maximum Gasteiger partial charge on any atom is 0.0991 e. The van der Waals surface area contributed by atoms with Crippen molar-refractivity contribution in [2.75, 3.05) is 0 Å².